The molecule has 1 aromatic carbocycles. The average Bonchev–Trinajstić information content (AvgIpc) is 2.38. The summed E-state index contributed by atoms with van der Waals surface area (Å²) in [5, 5.41) is 0.645. The number of hydrogen-bond donors (Lipinski definition) is 1. The number of benzene rings is 1. The van der Waals surface area contributed by atoms with E-state index in [1.165, 1.54) is 37.5 Å². The van der Waals surface area contributed by atoms with Gasteiger partial charge in [0.1, 0.15) is 0 Å². The van der Waals surface area contributed by atoms with Gasteiger partial charge in [-0.15, -0.1) is 0 Å². The van der Waals surface area contributed by atoms with Gasteiger partial charge in [0.2, 0.25) is 10.0 Å². The Bertz CT molecular complexity index is 548. The highest BCUT2D eigenvalue weighted by molar-refractivity contribution is 7.89. The van der Waals surface area contributed by atoms with Crippen LogP contribution in [-0.4, -0.2) is 14.5 Å². The van der Waals surface area contributed by atoms with E-state index in [1.807, 2.05) is 6.92 Å². The molecule has 1 saturated carbocycles. The Balaban J connectivity index is 2.13. The van der Waals surface area contributed by atoms with Gasteiger partial charge >= 0.3 is 0 Å². The summed E-state index contributed by atoms with van der Waals surface area (Å²) < 4.78 is 27.5. The molecule has 0 bridgehead atoms. The zero-order valence-electron chi connectivity index (χ0n) is 11.4. The van der Waals surface area contributed by atoms with Gasteiger partial charge in [0.25, 0.3) is 0 Å². The first-order valence-electron chi connectivity index (χ1n) is 6.87. The van der Waals surface area contributed by atoms with Gasteiger partial charge in [-0.3, -0.25) is 0 Å². The second-order valence-corrected chi connectivity index (χ2v) is 8.00. The van der Waals surface area contributed by atoms with Crippen LogP contribution in [0, 0.1) is 5.92 Å². The van der Waals surface area contributed by atoms with Crippen LogP contribution in [0.25, 0.3) is 0 Å². The average molecular weight is 336 g/mol. The highest BCUT2D eigenvalue weighted by atomic mass is 35.5. The number of rotatable bonds is 4. The highest BCUT2D eigenvalue weighted by Crippen LogP contribution is 2.28. The normalized spacial score (nSPS) is 18.9. The standard InChI is InChI=1S/C14H19Cl2NO2S/c1-10(11-5-3-2-4-6-11)17-20(18,19)14-8-12(15)7-13(16)9-14/h7-11,17H,2-6H2,1H3. The molecule has 6 heteroatoms. The summed E-state index contributed by atoms with van der Waals surface area (Å²) in [4.78, 5) is 0.123. The van der Waals surface area contributed by atoms with Gasteiger partial charge in [-0.1, -0.05) is 42.5 Å². The fraction of sp³-hybridized carbons (Fsp3) is 0.571. The minimum atomic E-state index is -3.57. The number of hydrogen-bond acceptors (Lipinski definition) is 2. The minimum Gasteiger partial charge on any atom is -0.208 e. The van der Waals surface area contributed by atoms with E-state index in [-0.39, 0.29) is 10.9 Å². The van der Waals surface area contributed by atoms with Crippen molar-refractivity contribution < 1.29 is 8.42 Å². The summed E-state index contributed by atoms with van der Waals surface area (Å²) in [5.41, 5.74) is 0. The molecule has 112 valence electrons. The summed E-state index contributed by atoms with van der Waals surface area (Å²) in [6.45, 7) is 1.93. The molecular weight excluding hydrogens is 317 g/mol. The van der Waals surface area contributed by atoms with E-state index in [9.17, 15) is 8.42 Å². The van der Waals surface area contributed by atoms with Crippen molar-refractivity contribution in [3.63, 3.8) is 0 Å². The van der Waals surface area contributed by atoms with Crippen molar-refractivity contribution in [2.75, 3.05) is 0 Å². The molecule has 0 heterocycles. The van der Waals surface area contributed by atoms with Crippen LogP contribution in [0.1, 0.15) is 39.0 Å². The molecule has 1 aliphatic rings. The molecule has 0 aliphatic heterocycles. The third-order valence-electron chi connectivity index (χ3n) is 3.84. The van der Waals surface area contributed by atoms with E-state index in [2.05, 4.69) is 4.72 Å². The predicted octanol–water partition coefficient (Wildman–Crippen LogP) is 4.24. The molecule has 1 aliphatic carbocycles. The van der Waals surface area contributed by atoms with Crippen LogP contribution in [0.15, 0.2) is 23.1 Å². The fourth-order valence-corrected chi connectivity index (χ4v) is 4.76. The first-order chi connectivity index (χ1) is 9.38. The Morgan fingerprint density at radius 3 is 2.20 bits per heavy atom. The Kier molecular flexibility index (Phi) is 5.35. The summed E-state index contributed by atoms with van der Waals surface area (Å²) in [7, 11) is -3.57. The quantitative estimate of drug-likeness (QED) is 0.894. The molecular formula is C14H19Cl2NO2S. The van der Waals surface area contributed by atoms with Crippen LogP contribution in [-0.2, 0) is 10.0 Å². The SMILES string of the molecule is CC(NS(=O)(=O)c1cc(Cl)cc(Cl)c1)C1CCCCC1. The van der Waals surface area contributed by atoms with Crippen molar-refractivity contribution in [3.8, 4) is 0 Å². The molecule has 1 fully saturated rings. The highest BCUT2D eigenvalue weighted by Gasteiger charge is 2.25. The van der Waals surface area contributed by atoms with Crippen LogP contribution in [0.4, 0.5) is 0 Å². The summed E-state index contributed by atoms with van der Waals surface area (Å²) in [5.74, 6) is 0.410. The van der Waals surface area contributed by atoms with E-state index >= 15 is 0 Å². The topological polar surface area (TPSA) is 46.2 Å². The maximum Gasteiger partial charge on any atom is 0.240 e. The van der Waals surface area contributed by atoms with Gasteiger partial charge in [0, 0.05) is 16.1 Å². The van der Waals surface area contributed by atoms with Crippen LogP contribution < -0.4 is 4.72 Å². The molecule has 1 N–H and O–H groups in total. The van der Waals surface area contributed by atoms with Gasteiger partial charge in [0.15, 0.2) is 0 Å². The van der Waals surface area contributed by atoms with E-state index in [0.29, 0.717) is 16.0 Å². The van der Waals surface area contributed by atoms with Crippen molar-refractivity contribution in [1.82, 2.24) is 4.72 Å². The predicted molar refractivity (Wildman–Crippen MR) is 82.8 cm³/mol. The smallest absolute Gasteiger partial charge is 0.208 e. The molecule has 1 atom stereocenters. The lowest BCUT2D eigenvalue weighted by Gasteiger charge is -2.28. The largest absolute Gasteiger partial charge is 0.240 e. The van der Waals surface area contributed by atoms with E-state index < -0.39 is 10.0 Å². The molecule has 0 amide bonds. The Morgan fingerprint density at radius 2 is 1.65 bits per heavy atom. The van der Waals surface area contributed by atoms with Crippen LogP contribution >= 0.6 is 23.2 Å². The third kappa shape index (κ3) is 4.10. The molecule has 1 aromatic rings. The van der Waals surface area contributed by atoms with Crippen LogP contribution in [0.5, 0.6) is 0 Å². The van der Waals surface area contributed by atoms with Crippen LogP contribution in [0.2, 0.25) is 10.0 Å². The van der Waals surface area contributed by atoms with Gasteiger partial charge in [-0.2, -0.15) is 0 Å². The molecule has 3 nitrogen and oxygen atoms in total. The van der Waals surface area contributed by atoms with Crippen molar-refractivity contribution in [3.05, 3.63) is 28.2 Å². The molecule has 1 unspecified atom stereocenters. The van der Waals surface area contributed by atoms with E-state index in [4.69, 9.17) is 23.2 Å². The first-order valence-corrected chi connectivity index (χ1v) is 9.11. The van der Waals surface area contributed by atoms with Crippen molar-refractivity contribution in [2.24, 2.45) is 5.92 Å². The third-order valence-corrected chi connectivity index (χ3v) is 5.82. The summed E-state index contributed by atoms with van der Waals surface area (Å²) >= 11 is 11.7. The second kappa shape index (κ2) is 6.65. The maximum absolute atomic E-state index is 12.4. The van der Waals surface area contributed by atoms with Crippen molar-refractivity contribution >= 4 is 33.2 Å². The van der Waals surface area contributed by atoms with Crippen molar-refractivity contribution in [2.45, 2.75) is 50.0 Å². The number of sulfonamides is 1. The van der Waals surface area contributed by atoms with Gasteiger partial charge < -0.3 is 0 Å². The second-order valence-electron chi connectivity index (χ2n) is 5.41. The number of halogens is 2. The van der Waals surface area contributed by atoms with Crippen molar-refractivity contribution in [1.29, 1.82) is 0 Å². The lowest BCUT2D eigenvalue weighted by molar-refractivity contribution is 0.303. The Hall–Kier alpha value is -0.290. The molecule has 0 aromatic heterocycles. The molecule has 0 radical (unpaired) electrons. The van der Waals surface area contributed by atoms with Crippen LogP contribution in [0.3, 0.4) is 0 Å². The van der Waals surface area contributed by atoms with Gasteiger partial charge in [0.05, 0.1) is 4.90 Å². The van der Waals surface area contributed by atoms with E-state index in [1.54, 1.807) is 0 Å². The first kappa shape index (κ1) is 16.1. The minimum absolute atomic E-state index is 0.0712. The Morgan fingerprint density at radius 1 is 1.10 bits per heavy atom. The zero-order valence-corrected chi connectivity index (χ0v) is 13.7. The maximum atomic E-state index is 12.4. The van der Waals surface area contributed by atoms with Gasteiger partial charge in [-0.25, -0.2) is 13.1 Å². The molecule has 2 rings (SSSR count). The monoisotopic (exact) mass is 335 g/mol. The van der Waals surface area contributed by atoms with Gasteiger partial charge in [-0.05, 0) is 43.9 Å². The summed E-state index contributed by atoms with van der Waals surface area (Å²) in [6.07, 6.45) is 5.78. The summed E-state index contributed by atoms with van der Waals surface area (Å²) in [6, 6.07) is 4.29. The number of nitrogens with one attached hydrogen (secondary N) is 1. The molecule has 0 spiro atoms. The zero-order chi connectivity index (χ0) is 14.8. The Labute approximate surface area is 130 Å². The molecule has 20 heavy (non-hydrogen) atoms. The van der Waals surface area contributed by atoms with E-state index in [0.717, 1.165) is 12.8 Å². The lowest BCUT2D eigenvalue weighted by Crippen LogP contribution is -2.38. The fourth-order valence-electron chi connectivity index (χ4n) is 2.73. The molecule has 0 saturated heterocycles. The lowest BCUT2D eigenvalue weighted by atomic mass is 9.85.